The van der Waals surface area contributed by atoms with Crippen LogP contribution in [0.15, 0.2) is 42.5 Å². The molecule has 3 amide bonds. The van der Waals surface area contributed by atoms with E-state index in [0.717, 1.165) is 17.5 Å². The highest BCUT2D eigenvalue weighted by molar-refractivity contribution is 6.10. The van der Waals surface area contributed by atoms with Gasteiger partial charge in [-0.3, -0.25) is 14.4 Å². The van der Waals surface area contributed by atoms with Gasteiger partial charge >= 0.3 is 0 Å². The van der Waals surface area contributed by atoms with Gasteiger partial charge in [0, 0.05) is 36.8 Å². The van der Waals surface area contributed by atoms with Gasteiger partial charge in [0.25, 0.3) is 11.8 Å². The number of carbonyl (C=O) groups is 3. The Balaban J connectivity index is 1.57. The molecule has 0 aliphatic carbocycles. The molecule has 180 valence electrons. The van der Waals surface area contributed by atoms with Crippen molar-refractivity contribution in [3.05, 3.63) is 65.2 Å². The summed E-state index contributed by atoms with van der Waals surface area (Å²) in [6.45, 7) is 0.873. The Labute approximate surface area is 200 Å². The molecular formula is C25H24FN5O4. The number of fused-ring (bicyclic) bond motifs is 1. The third kappa shape index (κ3) is 3.80. The lowest BCUT2D eigenvalue weighted by molar-refractivity contribution is -0.119. The van der Waals surface area contributed by atoms with Gasteiger partial charge in [-0.2, -0.15) is 5.10 Å². The summed E-state index contributed by atoms with van der Waals surface area (Å²) in [6.07, 6.45) is 2.59. The van der Waals surface area contributed by atoms with Gasteiger partial charge in [0.15, 0.2) is 5.69 Å². The average Bonchev–Trinajstić information content (AvgIpc) is 3.25. The molecule has 5 rings (SSSR count). The van der Waals surface area contributed by atoms with E-state index in [4.69, 9.17) is 10.5 Å². The number of piperidine rings is 1. The fraction of sp³-hybridized carbons (Fsp3) is 0.280. The van der Waals surface area contributed by atoms with E-state index in [0.29, 0.717) is 42.1 Å². The number of aromatic nitrogens is 2. The fourth-order valence-corrected chi connectivity index (χ4v) is 4.72. The Hall–Kier alpha value is -4.21. The van der Waals surface area contributed by atoms with Crippen molar-refractivity contribution in [3.63, 3.8) is 0 Å². The predicted octanol–water partition coefficient (Wildman–Crippen LogP) is 2.84. The first-order valence-corrected chi connectivity index (χ1v) is 11.4. The molecule has 0 bridgehead atoms. The molecule has 1 saturated heterocycles. The van der Waals surface area contributed by atoms with Gasteiger partial charge in [0.2, 0.25) is 5.91 Å². The lowest BCUT2D eigenvalue weighted by atomic mass is 10.0. The number of carbonyl (C=O) groups excluding carboxylic acids is 3. The molecule has 2 aromatic carbocycles. The average molecular weight is 477 g/mol. The summed E-state index contributed by atoms with van der Waals surface area (Å²) in [5.41, 5.74) is 7.17. The number of amides is 3. The number of primary amides is 1. The first kappa shape index (κ1) is 22.6. The standard InChI is InChI=1S/C25H24FN5O4/c1-35-20-14-15(29-12-5-4-8-21(29)32)9-10-19(20)30-13-11-16-22(24(27)33)28-31(23(16)25(30)34)18-7-3-2-6-17(18)26/h2-3,6-7,9-10,14H,4-5,8,11-13H2,1H3,(H2,27,33). The Morgan fingerprint density at radius 3 is 2.54 bits per heavy atom. The number of halogens is 1. The Kier molecular flexibility index (Phi) is 5.72. The molecule has 0 saturated carbocycles. The number of nitrogens with two attached hydrogens (primary N) is 1. The van der Waals surface area contributed by atoms with Crippen LogP contribution < -0.4 is 20.3 Å². The molecular weight excluding hydrogens is 453 g/mol. The van der Waals surface area contributed by atoms with Crippen LogP contribution in [0.1, 0.15) is 45.8 Å². The fourth-order valence-electron chi connectivity index (χ4n) is 4.72. The molecule has 3 aromatic rings. The smallest absolute Gasteiger partial charge is 0.277 e. The Morgan fingerprint density at radius 1 is 1.03 bits per heavy atom. The zero-order chi connectivity index (χ0) is 24.7. The normalized spacial score (nSPS) is 15.8. The number of hydrogen-bond donors (Lipinski definition) is 1. The molecule has 35 heavy (non-hydrogen) atoms. The number of benzene rings is 2. The van der Waals surface area contributed by atoms with Crippen molar-refractivity contribution >= 4 is 29.1 Å². The number of rotatable bonds is 5. The van der Waals surface area contributed by atoms with Crippen LogP contribution in [0.4, 0.5) is 15.8 Å². The molecule has 2 N–H and O–H groups in total. The summed E-state index contributed by atoms with van der Waals surface area (Å²) in [6, 6.07) is 11.1. The second kappa shape index (κ2) is 8.86. The number of nitrogens with zero attached hydrogens (tertiary/aromatic N) is 4. The van der Waals surface area contributed by atoms with Crippen LogP contribution in [-0.4, -0.2) is 47.7 Å². The van der Waals surface area contributed by atoms with Crippen LogP contribution in [0.2, 0.25) is 0 Å². The van der Waals surface area contributed by atoms with Crippen LogP contribution in [0, 0.1) is 5.82 Å². The quantitative estimate of drug-likeness (QED) is 0.608. The summed E-state index contributed by atoms with van der Waals surface area (Å²) in [4.78, 5) is 41.4. The van der Waals surface area contributed by atoms with E-state index in [1.807, 2.05) is 0 Å². The van der Waals surface area contributed by atoms with Crippen LogP contribution in [0.3, 0.4) is 0 Å². The number of anilines is 2. The highest BCUT2D eigenvalue weighted by atomic mass is 19.1. The van der Waals surface area contributed by atoms with E-state index in [1.165, 1.54) is 30.2 Å². The molecule has 1 fully saturated rings. The largest absolute Gasteiger partial charge is 0.494 e. The predicted molar refractivity (Wildman–Crippen MR) is 127 cm³/mol. The summed E-state index contributed by atoms with van der Waals surface area (Å²) < 4.78 is 21.4. The monoisotopic (exact) mass is 477 g/mol. The molecule has 0 atom stereocenters. The lowest BCUT2D eigenvalue weighted by Crippen LogP contribution is -2.39. The molecule has 0 spiro atoms. The van der Waals surface area contributed by atoms with Crippen molar-refractivity contribution in [1.29, 1.82) is 0 Å². The van der Waals surface area contributed by atoms with Crippen LogP contribution in [0.5, 0.6) is 5.75 Å². The number of ether oxygens (including phenoxy) is 1. The van der Waals surface area contributed by atoms with E-state index < -0.39 is 17.6 Å². The Bertz CT molecular complexity index is 1350. The van der Waals surface area contributed by atoms with E-state index in [-0.39, 0.29) is 29.5 Å². The third-order valence-corrected chi connectivity index (χ3v) is 6.42. The summed E-state index contributed by atoms with van der Waals surface area (Å²) >= 11 is 0. The highest BCUT2D eigenvalue weighted by Gasteiger charge is 2.36. The summed E-state index contributed by atoms with van der Waals surface area (Å²) in [5, 5.41) is 4.21. The minimum Gasteiger partial charge on any atom is -0.494 e. The summed E-state index contributed by atoms with van der Waals surface area (Å²) in [5.74, 6) is -1.37. The van der Waals surface area contributed by atoms with Gasteiger partial charge in [0.05, 0.1) is 12.8 Å². The SMILES string of the molecule is COc1cc(N2CCCCC2=O)ccc1N1CCc2c(C(N)=O)nn(-c3ccccc3F)c2C1=O. The van der Waals surface area contributed by atoms with Crippen molar-refractivity contribution < 1.29 is 23.5 Å². The summed E-state index contributed by atoms with van der Waals surface area (Å²) in [7, 11) is 1.50. The van der Waals surface area contributed by atoms with E-state index in [2.05, 4.69) is 5.10 Å². The maximum Gasteiger partial charge on any atom is 0.277 e. The third-order valence-electron chi connectivity index (χ3n) is 6.42. The zero-order valence-electron chi connectivity index (χ0n) is 19.2. The number of methoxy groups -OCH3 is 1. The molecule has 1 aromatic heterocycles. The maximum absolute atomic E-state index is 14.6. The zero-order valence-corrected chi connectivity index (χ0v) is 19.2. The lowest BCUT2D eigenvalue weighted by Gasteiger charge is -2.31. The van der Waals surface area contributed by atoms with Crippen LogP contribution in [0.25, 0.3) is 5.69 Å². The highest BCUT2D eigenvalue weighted by Crippen LogP contribution is 2.37. The van der Waals surface area contributed by atoms with Gasteiger partial charge in [-0.25, -0.2) is 9.07 Å². The number of para-hydroxylation sites is 1. The maximum atomic E-state index is 14.6. The molecule has 0 radical (unpaired) electrons. The first-order chi connectivity index (χ1) is 16.9. The molecule has 3 heterocycles. The van der Waals surface area contributed by atoms with Gasteiger partial charge in [-0.05, 0) is 43.5 Å². The van der Waals surface area contributed by atoms with Gasteiger partial charge in [-0.15, -0.1) is 0 Å². The molecule has 0 unspecified atom stereocenters. The molecule has 2 aliphatic rings. The Morgan fingerprint density at radius 2 is 1.83 bits per heavy atom. The van der Waals surface area contributed by atoms with E-state index in [9.17, 15) is 18.8 Å². The van der Waals surface area contributed by atoms with Crippen LogP contribution in [-0.2, 0) is 11.2 Å². The van der Waals surface area contributed by atoms with E-state index >= 15 is 0 Å². The topological polar surface area (TPSA) is 111 Å². The molecule has 10 heteroatoms. The van der Waals surface area contributed by atoms with Crippen molar-refractivity contribution in [2.75, 3.05) is 30.0 Å². The molecule has 2 aliphatic heterocycles. The minimum atomic E-state index is -0.786. The van der Waals surface area contributed by atoms with Crippen molar-refractivity contribution in [2.45, 2.75) is 25.7 Å². The van der Waals surface area contributed by atoms with Crippen molar-refractivity contribution in [2.24, 2.45) is 5.73 Å². The minimum absolute atomic E-state index is 0.0392. The number of hydrogen-bond acceptors (Lipinski definition) is 5. The van der Waals surface area contributed by atoms with Crippen LogP contribution >= 0.6 is 0 Å². The first-order valence-electron chi connectivity index (χ1n) is 11.4. The van der Waals surface area contributed by atoms with Gasteiger partial charge < -0.3 is 20.3 Å². The van der Waals surface area contributed by atoms with Gasteiger partial charge in [0.1, 0.15) is 22.9 Å². The second-order valence-electron chi connectivity index (χ2n) is 8.47. The molecule has 9 nitrogen and oxygen atoms in total. The van der Waals surface area contributed by atoms with Crippen molar-refractivity contribution in [3.8, 4) is 11.4 Å². The second-order valence-corrected chi connectivity index (χ2v) is 8.47. The van der Waals surface area contributed by atoms with Crippen molar-refractivity contribution in [1.82, 2.24) is 9.78 Å². The van der Waals surface area contributed by atoms with Gasteiger partial charge in [-0.1, -0.05) is 12.1 Å². The van der Waals surface area contributed by atoms with E-state index in [1.54, 1.807) is 29.2 Å².